The minimum atomic E-state index is -0.191. The normalized spacial score (nSPS) is 16.9. The first kappa shape index (κ1) is 14.8. The van der Waals surface area contributed by atoms with Crippen molar-refractivity contribution in [2.75, 3.05) is 13.2 Å². The van der Waals surface area contributed by atoms with Crippen LogP contribution >= 0.6 is 34.8 Å². The van der Waals surface area contributed by atoms with E-state index >= 15 is 0 Å². The quantitative estimate of drug-likeness (QED) is 0.877. The number of rotatable bonds is 2. The van der Waals surface area contributed by atoms with Gasteiger partial charge in [-0.15, -0.1) is 0 Å². The van der Waals surface area contributed by atoms with Crippen LogP contribution < -0.4 is 15.2 Å². The van der Waals surface area contributed by atoms with Crippen LogP contribution in [0.25, 0.3) is 11.1 Å². The first-order chi connectivity index (χ1) is 10.1. The van der Waals surface area contributed by atoms with Gasteiger partial charge >= 0.3 is 0 Å². The smallest absolute Gasteiger partial charge is 0.169 e. The molecule has 0 amide bonds. The lowest BCUT2D eigenvalue weighted by Crippen LogP contribution is -2.35. The van der Waals surface area contributed by atoms with Crippen molar-refractivity contribution in [1.29, 1.82) is 0 Å². The highest BCUT2D eigenvalue weighted by Crippen LogP contribution is 2.45. The average Bonchev–Trinajstić information content (AvgIpc) is 2.46. The molecule has 1 heterocycles. The fraction of sp³-hybridized carbons (Fsp3) is 0.200. The number of benzene rings is 2. The molecule has 0 spiro atoms. The molecule has 0 fully saturated rings. The van der Waals surface area contributed by atoms with Gasteiger partial charge in [-0.05, 0) is 18.2 Å². The molecule has 3 nitrogen and oxygen atoms in total. The number of ether oxygens (including phenoxy) is 2. The van der Waals surface area contributed by atoms with E-state index in [2.05, 4.69) is 0 Å². The van der Waals surface area contributed by atoms with Gasteiger partial charge in [0.2, 0.25) is 0 Å². The first-order valence-corrected chi connectivity index (χ1v) is 7.50. The Morgan fingerprint density at radius 3 is 2.57 bits per heavy atom. The average molecular weight is 345 g/mol. The number of hydrogen-bond acceptors (Lipinski definition) is 3. The minimum Gasteiger partial charge on any atom is -0.486 e. The Morgan fingerprint density at radius 1 is 1.05 bits per heavy atom. The fourth-order valence-electron chi connectivity index (χ4n) is 2.20. The van der Waals surface area contributed by atoms with E-state index in [1.165, 1.54) is 0 Å². The van der Waals surface area contributed by atoms with Gasteiger partial charge in [0.25, 0.3) is 0 Å². The number of nitrogens with two attached hydrogens (primary N) is 1. The molecule has 1 aliphatic rings. The van der Waals surface area contributed by atoms with Gasteiger partial charge in [-0.2, -0.15) is 0 Å². The lowest BCUT2D eigenvalue weighted by atomic mass is 10.0. The minimum absolute atomic E-state index is 0.191. The molecule has 0 aromatic heterocycles. The molecule has 0 aliphatic carbocycles. The molecule has 1 aliphatic heterocycles. The predicted molar refractivity (Wildman–Crippen MR) is 85.9 cm³/mol. The van der Waals surface area contributed by atoms with Crippen LogP contribution in [-0.4, -0.2) is 19.3 Å². The fourth-order valence-corrected chi connectivity index (χ4v) is 2.92. The van der Waals surface area contributed by atoms with Crippen LogP contribution in [0.4, 0.5) is 0 Å². The SMILES string of the molecule is NCC1COc2cc(Cl)cc(-c3ccc(Cl)cc3Cl)c2O1. The zero-order valence-electron chi connectivity index (χ0n) is 10.9. The second-order valence-corrected chi connectivity index (χ2v) is 5.97. The standard InChI is InChI=1S/C15H12Cl3NO2/c16-8-1-2-11(13(18)4-8)12-3-9(17)5-14-15(12)21-10(6-19)7-20-14/h1-5,10H,6-7,19H2. The Kier molecular flexibility index (Phi) is 4.18. The van der Waals surface area contributed by atoms with Crippen molar-refractivity contribution < 1.29 is 9.47 Å². The van der Waals surface area contributed by atoms with E-state index in [9.17, 15) is 0 Å². The predicted octanol–water partition coefficient (Wildman–Crippen LogP) is 4.41. The summed E-state index contributed by atoms with van der Waals surface area (Å²) in [6.07, 6.45) is -0.191. The maximum atomic E-state index is 6.28. The molecule has 6 heteroatoms. The summed E-state index contributed by atoms with van der Waals surface area (Å²) in [7, 11) is 0. The monoisotopic (exact) mass is 343 g/mol. The number of halogens is 3. The molecule has 0 bridgehead atoms. The highest BCUT2D eigenvalue weighted by atomic mass is 35.5. The Morgan fingerprint density at radius 2 is 1.86 bits per heavy atom. The molecule has 1 atom stereocenters. The second-order valence-electron chi connectivity index (χ2n) is 4.69. The van der Waals surface area contributed by atoms with Gasteiger partial charge in [0.15, 0.2) is 11.5 Å². The van der Waals surface area contributed by atoms with Gasteiger partial charge in [0.1, 0.15) is 12.7 Å². The molecular weight excluding hydrogens is 333 g/mol. The maximum absolute atomic E-state index is 6.28. The molecule has 0 radical (unpaired) electrons. The number of fused-ring (bicyclic) bond motifs is 1. The van der Waals surface area contributed by atoms with Crippen molar-refractivity contribution in [2.24, 2.45) is 5.73 Å². The summed E-state index contributed by atoms with van der Waals surface area (Å²) in [5.74, 6) is 1.19. The Labute approximate surface area is 137 Å². The van der Waals surface area contributed by atoms with Gasteiger partial charge in [-0.3, -0.25) is 0 Å². The summed E-state index contributed by atoms with van der Waals surface area (Å²) in [5, 5.41) is 1.63. The van der Waals surface area contributed by atoms with E-state index in [1.807, 2.05) is 6.07 Å². The highest BCUT2D eigenvalue weighted by molar-refractivity contribution is 6.36. The van der Waals surface area contributed by atoms with Crippen LogP contribution in [0.3, 0.4) is 0 Å². The molecule has 0 saturated heterocycles. The largest absolute Gasteiger partial charge is 0.486 e. The third-order valence-corrected chi connectivity index (χ3v) is 3.98. The van der Waals surface area contributed by atoms with E-state index in [0.717, 1.165) is 11.1 Å². The molecule has 1 unspecified atom stereocenters. The van der Waals surface area contributed by atoms with Crippen LogP contribution in [0.15, 0.2) is 30.3 Å². The maximum Gasteiger partial charge on any atom is 0.169 e. The van der Waals surface area contributed by atoms with Gasteiger partial charge in [0, 0.05) is 33.8 Å². The molecule has 110 valence electrons. The van der Waals surface area contributed by atoms with E-state index < -0.39 is 0 Å². The highest BCUT2D eigenvalue weighted by Gasteiger charge is 2.25. The van der Waals surface area contributed by atoms with E-state index in [1.54, 1.807) is 24.3 Å². The van der Waals surface area contributed by atoms with Crippen molar-refractivity contribution in [3.05, 3.63) is 45.4 Å². The van der Waals surface area contributed by atoms with Crippen molar-refractivity contribution in [3.63, 3.8) is 0 Å². The third kappa shape index (κ3) is 2.92. The van der Waals surface area contributed by atoms with Gasteiger partial charge in [0.05, 0.1) is 5.02 Å². The summed E-state index contributed by atoms with van der Waals surface area (Å²) >= 11 is 18.4. The van der Waals surface area contributed by atoms with Gasteiger partial charge in [-0.25, -0.2) is 0 Å². The lowest BCUT2D eigenvalue weighted by molar-refractivity contribution is 0.0976. The van der Waals surface area contributed by atoms with Crippen molar-refractivity contribution >= 4 is 34.8 Å². The van der Waals surface area contributed by atoms with E-state index in [0.29, 0.717) is 39.7 Å². The summed E-state index contributed by atoms with van der Waals surface area (Å²) in [6.45, 7) is 0.771. The zero-order valence-corrected chi connectivity index (χ0v) is 13.2. The molecule has 21 heavy (non-hydrogen) atoms. The van der Waals surface area contributed by atoms with Crippen LogP contribution in [0.2, 0.25) is 15.1 Å². The lowest BCUT2D eigenvalue weighted by Gasteiger charge is -2.28. The van der Waals surface area contributed by atoms with Crippen LogP contribution in [-0.2, 0) is 0 Å². The van der Waals surface area contributed by atoms with E-state index in [4.69, 9.17) is 50.0 Å². The Balaban J connectivity index is 2.16. The van der Waals surface area contributed by atoms with Gasteiger partial charge < -0.3 is 15.2 Å². The summed E-state index contributed by atoms with van der Waals surface area (Å²) in [4.78, 5) is 0. The second kappa shape index (κ2) is 5.93. The molecule has 2 aromatic carbocycles. The Hall–Kier alpha value is -1.13. The van der Waals surface area contributed by atoms with Gasteiger partial charge in [-0.1, -0.05) is 40.9 Å². The molecular formula is C15H12Cl3NO2. The Bertz CT molecular complexity index is 691. The molecule has 0 saturated carbocycles. The molecule has 3 rings (SSSR count). The molecule has 2 aromatic rings. The summed E-state index contributed by atoms with van der Waals surface area (Å²) < 4.78 is 11.6. The van der Waals surface area contributed by atoms with Crippen LogP contribution in [0.5, 0.6) is 11.5 Å². The van der Waals surface area contributed by atoms with Crippen molar-refractivity contribution in [3.8, 4) is 22.6 Å². The van der Waals surface area contributed by atoms with E-state index in [-0.39, 0.29) is 6.10 Å². The zero-order chi connectivity index (χ0) is 15.0. The topological polar surface area (TPSA) is 44.5 Å². The van der Waals surface area contributed by atoms with Crippen molar-refractivity contribution in [1.82, 2.24) is 0 Å². The van der Waals surface area contributed by atoms with Crippen LogP contribution in [0.1, 0.15) is 0 Å². The number of hydrogen-bond donors (Lipinski definition) is 1. The summed E-state index contributed by atoms with van der Waals surface area (Å²) in [5.41, 5.74) is 7.19. The molecule has 2 N–H and O–H groups in total. The first-order valence-electron chi connectivity index (χ1n) is 6.37. The summed E-state index contributed by atoms with van der Waals surface area (Å²) in [6, 6.07) is 8.77. The van der Waals surface area contributed by atoms with Crippen molar-refractivity contribution in [2.45, 2.75) is 6.10 Å². The van der Waals surface area contributed by atoms with Crippen LogP contribution in [0, 0.1) is 0 Å². The third-order valence-electron chi connectivity index (χ3n) is 3.21.